The number of nitrogens with one attached hydrogen (secondary N) is 2. The third kappa shape index (κ3) is 2.43. The van der Waals surface area contributed by atoms with Gasteiger partial charge < -0.3 is 20.6 Å². The maximum atomic E-state index is 12.1. The van der Waals surface area contributed by atoms with E-state index in [1.54, 1.807) is 16.8 Å². The molecule has 0 radical (unpaired) electrons. The van der Waals surface area contributed by atoms with Gasteiger partial charge in [0.05, 0.1) is 18.4 Å². The Morgan fingerprint density at radius 2 is 2.22 bits per heavy atom. The predicted molar refractivity (Wildman–Crippen MR) is 81.8 cm³/mol. The first-order valence-corrected chi connectivity index (χ1v) is 7.61. The molecule has 1 fully saturated rings. The average Bonchev–Trinajstić information content (AvgIpc) is 3.21. The number of hydrogen-bond acceptors (Lipinski definition) is 7. The zero-order valence-electron chi connectivity index (χ0n) is 12.5. The standard InChI is InChI=1S/C14H17N7O2/c15-6-11-18-14(23-20-11)9-7-17-21-10(5-12(22)19-13(9)21)8-1-3-16-4-2-8/h5,7-8,16H,1-4,6,15H2,(H,19,22). The Labute approximate surface area is 130 Å². The molecule has 120 valence electrons. The number of aromatic nitrogens is 5. The van der Waals surface area contributed by atoms with Crippen LogP contribution >= 0.6 is 0 Å². The second kappa shape index (κ2) is 5.60. The van der Waals surface area contributed by atoms with E-state index in [4.69, 9.17) is 10.3 Å². The minimum Gasteiger partial charge on any atom is -0.334 e. The fourth-order valence-electron chi connectivity index (χ4n) is 3.02. The zero-order chi connectivity index (χ0) is 15.8. The molecule has 1 saturated heterocycles. The van der Waals surface area contributed by atoms with E-state index in [9.17, 15) is 4.79 Å². The molecule has 0 aliphatic carbocycles. The van der Waals surface area contributed by atoms with E-state index in [-0.39, 0.29) is 12.1 Å². The number of rotatable bonds is 3. The fraction of sp³-hybridized carbons (Fsp3) is 0.429. The highest BCUT2D eigenvalue weighted by atomic mass is 16.5. The van der Waals surface area contributed by atoms with E-state index in [1.807, 2.05) is 0 Å². The number of H-pyrrole nitrogens is 1. The van der Waals surface area contributed by atoms with Crippen molar-refractivity contribution >= 4 is 5.65 Å². The van der Waals surface area contributed by atoms with Crippen LogP contribution in [0.15, 0.2) is 21.6 Å². The van der Waals surface area contributed by atoms with Crippen LogP contribution in [0, 0.1) is 0 Å². The van der Waals surface area contributed by atoms with Crippen molar-refractivity contribution in [1.82, 2.24) is 30.1 Å². The van der Waals surface area contributed by atoms with Gasteiger partial charge in [-0.2, -0.15) is 10.1 Å². The van der Waals surface area contributed by atoms with Crippen LogP contribution in [0.1, 0.15) is 30.3 Å². The topological polar surface area (TPSA) is 127 Å². The molecular weight excluding hydrogens is 298 g/mol. The highest BCUT2D eigenvalue weighted by Gasteiger charge is 2.22. The molecule has 9 nitrogen and oxygen atoms in total. The highest BCUT2D eigenvalue weighted by Crippen LogP contribution is 2.27. The zero-order valence-corrected chi connectivity index (χ0v) is 12.5. The normalized spacial score (nSPS) is 16.2. The molecule has 4 N–H and O–H groups in total. The van der Waals surface area contributed by atoms with E-state index in [0.29, 0.717) is 28.8 Å². The smallest absolute Gasteiger partial charge is 0.263 e. The quantitative estimate of drug-likeness (QED) is 0.620. The van der Waals surface area contributed by atoms with E-state index in [2.05, 4.69) is 25.5 Å². The number of nitrogens with two attached hydrogens (primary N) is 1. The van der Waals surface area contributed by atoms with Gasteiger partial charge in [-0.05, 0) is 25.9 Å². The minimum atomic E-state index is -0.161. The molecule has 0 unspecified atom stereocenters. The molecule has 0 amide bonds. The molecule has 4 heterocycles. The van der Waals surface area contributed by atoms with Crippen molar-refractivity contribution in [1.29, 1.82) is 0 Å². The van der Waals surface area contributed by atoms with Crippen molar-refractivity contribution in [2.24, 2.45) is 5.73 Å². The predicted octanol–water partition coefficient (Wildman–Crippen LogP) is -0.00170. The van der Waals surface area contributed by atoms with Gasteiger partial charge in [0.1, 0.15) is 11.2 Å². The molecule has 3 aromatic rings. The van der Waals surface area contributed by atoms with Gasteiger partial charge in [-0.1, -0.05) is 5.16 Å². The van der Waals surface area contributed by atoms with Crippen molar-refractivity contribution < 1.29 is 4.52 Å². The van der Waals surface area contributed by atoms with E-state index in [0.717, 1.165) is 31.6 Å². The van der Waals surface area contributed by atoms with Crippen LogP contribution in [0.3, 0.4) is 0 Å². The lowest BCUT2D eigenvalue weighted by atomic mass is 9.94. The van der Waals surface area contributed by atoms with Gasteiger partial charge in [-0.3, -0.25) is 4.79 Å². The van der Waals surface area contributed by atoms with Crippen LogP contribution in [0.4, 0.5) is 0 Å². The Balaban J connectivity index is 1.85. The molecule has 23 heavy (non-hydrogen) atoms. The molecule has 0 bridgehead atoms. The number of aromatic amines is 1. The van der Waals surface area contributed by atoms with E-state index in [1.165, 1.54) is 0 Å². The average molecular weight is 315 g/mol. The lowest BCUT2D eigenvalue weighted by Gasteiger charge is -2.23. The fourth-order valence-corrected chi connectivity index (χ4v) is 3.02. The first-order chi connectivity index (χ1) is 11.3. The molecule has 1 aliphatic rings. The summed E-state index contributed by atoms with van der Waals surface area (Å²) in [5.41, 5.74) is 7.43. The number of hydrogen-bond donors (Lipinski definition) is 3. The van der Waals surface area contributed by atoms with Gasteiger partial charge >= 0.3 is 0 Å². The highest BCUT2D eigenvalue weighted by molar-refractivity contribution is 5.71. The van der Waals surface area contributed by atoms with Crippen molar-refractivity contribution in [3.63, 3.8) is 0 Å². The van der Waals surface area contributed by atoms with Crippen LogP contribution in [0.2, 0.25) is 0 Å². The molecule has 3 aromatic heterocycles. The summed E-state index contributed by atoms with van der Waals surface area (Å²) in [5, 5.41) is 11.5. The van der Waals surface area contributed by atoms with Crippen LogP contribution in [-0.4, -0.2) is 37.8 Å². The maximum absolute atomic E-state index is 12.1. The second-order valence-electron chi connectivity index (χ2n) is 5.62. The SMILES string of the molecule is NCc1noc(-c2cnn3c(C4CCNCC4)cc(=O)[nH]c23)n1. The van der Waals surface area contributed by atoms with Gasteiger partial charge in [0, 0.05) is 12.0 Å². The van der Waals surface area contributed by atoms with Crippen molar-refractivity contribution in [2.75, 3.05) is 13.1 Å². The summed E-state index contributed by atoms with van der Waals surface area (Å²) in [6, 6.07) is 1.62. The van der Waals surface area contributed by atoms with Crippen LogP contribution < -0.4 is 16.6 Å². The van der Waals surface area contributed by atoms with Crippen molar-refractivity contribution in [3.8, 4) is 11.5 Å². The summed E-state index contributed by atoms with van der Waals surface area (Å²) in [5.74, 6) is 1.02. The minimum absolute atomic E-state index is 0.161. The van der Waals surface area contributed by atoms with Gasteiger partial charge in [0.15, 0.2) is 5.82 Å². The second-order valence-corrected chi connectivity index (χ2v) is 5.62. The molecule has 0 saturated carbocycles. The third-order valence-electron chi connectivity index (χ3n) is 4.17. The largest absolute Gasteiger partial charge is 0.334 e. The van der Waals surface area contributed by atoms with Gasteiger partial charge in [-0.15, -0.1) is 0 Å². The van der Waals surface area contributed by atoms with E-state index < -0.39 is 0 Å². The molecule has 0 atom stereocenters. The molecule has 1 aliphatic heterocycles. The number of fused-ring (bicyclic) bond motifs is 1. The Hall–Kier alpha value is -2.52. The number of piperidine rings is 1. The monoisotopic (exact) mass is 315 g/mol. The molecule has 0 aromatic carbocycles. The number of nitrogens with zero attached hydrogens (tertiary/aromatic N) is 4. The summed E-state index contributed by atoms with van der Waals surface area (Å²) in [6.07, 6.45) is 3.58. The molecular formula is C14H17N7O2. The van der Waals surface area contributed by atoms with E-state index >= 15 is 0 Å². The van der Waals surface area contributed by atoms with Gasteiger partial charge in [0.2, 0.25) is 0 Å². The first-order valence-electron chi connectivity index (χ1n) is 7.61. The first kappa shape index (κ1) is 14.1. The van der Waals surface area contributed by atoms with Crippen molar-refractivity contribution in [2.45, 2.75) is 25.3 Å². The molecule has 9 heteroatoms. The summed E-state index contributed by atoms with van der Waals surface area (Å²) in [4.78, 5) is 19.1. The van der Waals surface area contributed by atoms with Crippen LogP contribution in [-0.2, 0) is 6.54 Å². The summed E-state index contributed by atoms with van der Waals surface area (Å²) < 4.78 is 6.97. The Bertz CT molecular complexity index is 888. The Morgan fingerprint density at radius 3 is 2.96 bits per heavy atom. The third-order valence-corrected chi connectivity index (χ3v) is 4.17. The Morgan fingerprint density at radius 1 is 1.39 bits per heavy atom. The molecule has 0 spiro atoms. The van der Waals surface area contributed by atoms with Gasteiger partial charge in [-0.25, -0.2) is 4.52 Å². The van der Waals surface area contributed by atoms with Crippen LogP contribution in [0.25, 0.3) is 17.1 Å². The Kier molecular flexibility index (Phi) is 3.43. The lowest BCUT2D eigenvalue weighted by Crippen LogP contribution is -2.28. The summed E-state index contributed by atoms with van der Waals surface area (Å²) in [7, 11) is 0. The summed E-state index contributed by atoms with van der Waals surface area (Å²) in [6.45, 7) is 2.08. The van der Waals surface area contributed by atoms with Gasteiger partial charge in [0.25, 0.3) is 11.4 Å². The maximum Gasteiger partial charge on any atom is 0.263 e. The summed E-state index contributed by atoms with van der Waals surface area (Å²) >= 11 is 0. The molecule has 4 rings (SSSR count). The van der Waals surface area contributed by atoms with Crippen LogP contribution in [0.5, 0.6) is 0 Å². The van der Waals surface area contributed by atoms with Crippen molar-refractivity contribution in [3.05, 3.63) is 34.1 Å². The lowest BCUT2D eigenvalue weighted by molar-refractivity contribution is 0.423.